The smallest absolute Gasteiger partial charge is 0.416 e. The molecule has 9 heteroatoms. The highest BCUT2D eigenvalue weighted by atomic mass is 19.4. The number of ether oxygens (including phenoxy) is 2. The summed E-state index contributed by atoms with van der Waals surface area (Å²) in [6.07, 6.45) is -11.1. The van der Waals surface area contributed by atoms with E-state index in [0.29, 0.717) is 25.2 Å². The molecular weight excluding hydrogens is 460 g/mol. The highest BCUT2D eigenvalue weighted by Crippen LogP contribution is 2.40. The van der Waals surface area contributed by atoms with E-state index in [-0.39, 0.29) is 12.7 Å². The lowest BCUT2D eigenvalue weighted by atomic mass is 10.0. The normalized spacial score (nSPS) is 19.7. The van der Waals surface area contributed by atoms with Crippen LogP contribution in [0.1, 0.15) is 28.3 Å². The highest BCUT2D eigenvalue weighted by molar-refractivity contribution is 5.38. The molecule has 0 N–H and O–H groups in total. The van der Waals surface area contributed by atoms with Gasteiger partial charge in [0.05, 0.1) is 23.8 Å². The summed E-state index contributed by atoms with van der Waals surface area (Å²) in [4.78, 5) is 2.04. The SMILES string of the molecule is FC(F)(F)c1cc(OC2OCCN(Cc3ccccc3)C2c2ccccc2)cc(C(F)(F)F)c1. The second-order valence-corrected chi connectivity index (χ2v) is 7.91. The third kappa shape index (κ3) is 5.71. The van der Waals surface area contributed by atoms with E-state index < -0.39 is 41.6 Å². The van der Waals surface area contributed by atoms with Crippen molar-refractivity contribution < 1.29 is 35.8 Å². The van der Waals surface area contributed by atoms with Gasteiger partial charge in [0.25, 0.3) is 0 Å². The average molecular weight is 481 g/mol. The molecular formula is C25H21F6NO2. The molecule has 1 aliphatic rings. The highest BCUT2D eigenvalue weighted by Gasteiger charge is 2.39. The maximum absolute atomic E-state index is 13.3. The van der Waals surface area contributed by atoms with Crippen LogP contribution in [0.5, 0.6) is 5.75 Å². The van der Waals surface area contributed by atoms with Crippen molar-refractivity contribution in [2.45, 2.75) is 31.2 Å². The average Bonchev–Trinajstić information content (AvgIpc) is 2.79. The molecule has 1 fully saturated rings. The molecule has 2 unspecified atom stereocenters. The summed E-state index contributed by atoms with van der Waals surface area (Å²) >= 11 is 0. The van der Waals surface area contributed by atoms with Crippen molar-refractivity contribution in [1.82, 2.24) is 4.90 Å². The molecule has 180 valence electrons. The van der Waals surface area contributed by atoms with Crippen LogP contribution in [0.3, 0.4) is 0 Å². The Hall–Kier alpha value is -3.04. The molecule has 0 aromatic heterocycles. The van der Waals surface area contributed by atoms with E-state index in [9.17, 15) is 26.3 Å². The quantitative estimate of drug-likeness (QED) is 0.379. The van der Waals surface area contributed by atoms with Gasteiger partial charge in [-0.3, -0.25) is 4.90 Å². The van der Waals surface area contributed by atoms with Gasteiger partial charge in [-0.1, -0.05) is 60.7 Å². The molecule has 0 saturated carbocycles. The van der Waals surface area contributed by atoms with Crippen LogP contribution in [0.15, 0.2) is 78.9 Å². The number of morpholine rings is 1. The third-order valence-electron chi connectivity index (χ3n) is 5.49. The molecule has 0 amide bonds. The first-order valence-corrected chi connectivity index (χ1v) is 10.5. The molecule has 3 nitrogen and oxygen atoms in total. The summed E-state index contributed by atoms with van der Waals surface area (Å²) in [6.45, 7) is 1.21. The van der Waals surface area contributed by atoms with Crippen molar-refractivity contribution in [2.24, 2.45) is 0 Å². The van der Waals surface area contributed by atoms with Crippen LogP contribution in [0.25, 0.3) is 0 Å². The number of hydrogen-bond donors (Lipinski definition) is 0. The van der Waals surface area contributed by atoms with E-state index in [1.54, 1.807) is 12.1 Å². The summed E-state index contributed by atoms with van der Waals surface area (Å²) in [5.41, 5.74) is -1.11. The summed E-state index contributed by atoms with van der Waals surface area (Å²) in [5, 5.41) is 0. The number of nitrogens with zero attached hydrogens (tertiary/aromatic N) is 1. The summed E-state index contributed by atoms with van der Waals surface area (Å²) in [7, 11) is 0. The maximum Gasteiger partial charge on any atom is 0.416 e. The van der Waals surface area contributed by atoms with Crippen LogP contribution in [0, 0.1) is 0 Å². The number of halogens is 6. The standard InChI is InChI=1S/C25H21F6NO2/c26-24(27,28)19-13-20(25(29,30)31)15-21(14-19)34-23-22(18-9-5-2-6-10-18)32(11-12-33-23)16-17-7-3-1-4-8-17/h1-10,13-15,22-23H,11-12,16H2. The maximum atomic E-state index is 13.3. The zero-order valence-electron chi connectivity index (χ0n) is 17.8. The summed E-state index contributed by atoms with van der Waals surface area (Å²) < 4.78 is 91.2. The van der Waals surface area contributed by atoms with Gasteiger partial charge in [0.1, 0.15) is 5.75 Å². The Bertz CT molecular complexity index is 1050. The third-order valence-corrected chi connectivity index (χ3v) is 5.49. The van der Waals surface area contributed by atoms with Crippen LogP contribution in [-0.2, 0) is 23.6 Å². The van der Waals surface area contributed by atoms with E-state index in [1.807, 2.05) is 53.4 Å². The number of alkyl halides is 6. The molecule has 3 aromatic rings. The van der Waals surface area contributed by atoms with Crippen molar-refractivity contribution in [3.05, 3.63) is 101 Å². The Kier molecular flexibility index (Phi) is 6.86. The lowest BCUT2D eigenvalue weighted by molar-refractivity contribution is -0.170. The summed E-state index contributed by atoms with van der Waals surface area (Å²) in [6, 6.07) is 19.3. The zero-order chi connectivity index (χ0) is 24.3. The molecule has 4 rings (SSSR count). The molecule has 1 aliphatic heterocycles. The molecule has 2 atom stereocenters. The largest absolute Gasteiger partial charge is 0.463 e. The van der Waals surface area contributed by atoms with E-state index in [1.165, 1.54) is 0 Å². The molecule has 1 saturated heterocycles. The van der Waals surface area contributed by atoms with Crippen LogP contribution in [0.2, 0.25) is 0 Å². The monoisotopic (exact) mass is 481 g/mol. The predicted octanol–water partition coefficient (Wildman–Crippen LogP) is 6.70. The Morgan fingerprint density at radius 3 is 1.91 bits per heavy atom. The fourth-order valence-electron chi connectivity index (χ4n) is 3.93. The van der Waals surface area contributed by atoms with Gasteiger partial charge in [0.2, 0.25) is 6.29 Å². The van der Waals surface area contributed by atoms with E-state index >= 15 is 0 Å². The van der Waals surface area contributed by atoms with Gasteiger partial charge in [-0.25, -0.2) is 0 Å². The van der Waals surface area contributed by atoms with Crippen LogP contribution >= 0.6 is 0 Å². The Balaban J connectivity index is 1.69. The van der Waals surface area contributed by atoms with Crippen molar-refractivity contribution in [3.63, 3.8) is 0 Å². The Morgan fingerprint density at radius 2 is 1.35 bits per heavy atom. The topological polar surface area (TPSA) is 21.7 Å². The fourth-order valence-corrected chi connectivity index (χ4v) is 3.93. The zero-order valence-corrected chi connectivity index (χ0v) is 17.8. The van der Waals surface area contributed by atoms with E-state index in [4.69, 9.17) is 9.47 Å². The first-order chi connectivity index (χ1) is 16.1. The number of hydrogen-bond acceptors (Lipinski definition) is 3. The number of rotatable bonds is 5. The van der Waals surface area contributed by atoms with Gasteiger partial charge >= 0.3 is 12.4 Å². The molecule has 3 aromatic carbocycles. The first kappa shape index (κ1) is 24.1. The van der Waals surface area contributed by atoms with Crippen molar-refractivity contribution in [3.8, 4) is 5.75 Å². The molecule has 34 heavy (non-hydrogen) atoms. The second-order valence-electron chi connectivity index (χ2n) is 7.91. The van der Waals surface area contributed by atoms with Crippen molar-refractivity contribution in [1.29, 1.82) is 0 Å². The molecule has 0 aliphatic carbocycles. The second kappa shape index (κ2) is 9.68. The van der Waals surface area contributed by atoms with Gasteiger partial charge in [0.15, 0.2) is 0 Å². The van der Waals surface area contributed by atoms with E-state index in [0.717, 1.165) is 11.1 Å². The van der Waals surface area contributed by atoms with Gasteiger partial charge in [0, 0.05) is 13.1 Å². The molecule has 0 spiro atoms. The van der Waals surface area contributed by atoms with Gasteiger partial charge in [-0.05, 0) is 29.3 Å². The van der Waals surface area contributed by atoms with Crippen LogP contribution in [-0.4, -0.2) is 24.3 Å². The minimum Gasteiger partial charge on any atom is -0.463 e. The van der Waals surface area contributed by atoms with Crippen molar-refractivity contribution in [2.75, 3.05) is 13.2 Å². The first-order valence-electron chi connectivity index (χ1n) is 10.5. The van der Waals surface area contributed by atoms with Gasteiger partial charge in [-0.2, -0.15) is 26.3 Å². The van der Waals surface area contributed by atoms with Crippen LogP contribution < -0.4 is 4.74 Å². The minimum atomic E-state index is -4.97. The number of benzene rings is 3. The summed E-state index contributed by atoms with van der Waals surface area (Å²) in [5.74, 6) is -0.561. The lowest BCUT2D eigenvalue weighted by Gasteiger charge is -2.41. The Morgan fingerprint density at radius 1 is 0.794 bits per heavy atom. The molecule has 0 radical (unpaired) electrons. The van der Waals surface area contributed by atoms with Gasteiger partial charge in [-0.15, -0.1) is 0 Å². The Labute approximate surface area is 192 Å². The van der Waals surface area contributed by atoms with E-state index in [2.05, 4.69) is 0 Å². The minimum absolute atomic E-state index is 0.0744. The fraction of sp³-hybridized carbons (Fsp3) is 0.280. The van der Waals surface area contributed by atoms with Crippen LogP contribution in [0.4, 0.5) is 26.3 Å². The predicted molar refractivity (Wildman–Crippen MR) is 113 cm³/mol. The lowest BCUT2D eigenvalue weighted by Crippen LogP contribution is -2.47. The molecule has 1 heterocycles. The van der Waals surface area contributed by atoms with Gasteiger partial charge < -0.3 is 9.47 Å². The van der Waals surface area contributed by atoms with Crippen molar-refractivity contribution >= 4 is 0 Å². The molecule has 0 bridgehead atoms.